The van der Waals surface area contributed by atoms with E-state index in [1.54, 1.807) is 6.08 Å². The first-order valence-electron chi connectivity index (χ1n) is 18.1. The van der Waals surface area contributed by atoms with E-state index in [0.29, 0.717) is 0 Å². The summed E-state index contributed by atoms with van der Waals surface area (Å²) >= 11 is 0. The van der Waals surface area contributed by atoms with Crippen molar-refractivity contribution < 1.29 is 20.1 Å². The van der Waals surface area contributed by atoms with Gasteiger partial charge in [0.05, 0.1) is 0 Å². The van der Waals surface area contributed by atoms with Crippen molar-refractivity contribution in [2.24, 2.45) is 0 Å². The number of hydrogen-bond acceptors (Lipinski definition) is 3. The molecule has 0 saturated heterocycles. The van der Waals surface area contributed by atoms with E-state index < -0.39 is 0 Å². The summed E-state index contributed by atoms with van der Waals surface area (Å²) in [6.45, 7) is 5.93. The molecule has 4 heteroatoms. The molecule has 0 bridgehead atoms. The number of pyridine rings is 3. The maximum absolute atomic E-state index is 4.81. The summed E-state index contributed by atoms with van der Waals surface area (Å²) in [5.74, 6) is 0. The maximum Gasteiger partial charge on any atom is 3.00 e. The van der Waals surface area contributed by atoms with Crippen LogP contribution < -0.4 is 0 Å². The van der Waals surface area contributed by atoms with E-state index in [0.717, 1.165) is 70.6 Å². The van der Waals surface area contributed by atoms with Crippen molar-refractivity contribution in [3.63, 3.8) is 0 Å². The molecule has 0 amide bonds. The van der Waals surface area contributed by atoms with Crippen LogP contribution in [0.2, 0.25) is 0 Å². The van der Waals surface area contributed by atoms with Gasteiger partial charge in [0, 0.05) is 18.6 Å². The largest absolute Gasteiger partial charge is 3.00 e. The second-order valence-electron chi connectivity index (χ2n) is 12.9. The van der Waals surface area contributed by atoms with Crippen molar-refractivity contribution in [1.29, 1.82) is 0 Å². The summed E-state index contributed by atoms with van der Waals surface area (Å²) in [5, 5.41) is 0. The van der Waals surface area contributed by atoms with E-state index in [1.807, 2.05) is 92.3 Å². The molecule has 7 aromatic rings. The fraction of sp³-hybridized carbons (Fsp3) is 0.100. The first kappa shape index (κ1) is 37.9. The molecule has 0 N–H and O–H groups in total. The fourth-order valence-electron chi connectivity index (χ4n) is 6.46. The normalized spacial score (nSPS) is 11.3. The summed E-state index contributed by atoms with van der Waals surface area (Å²) < 4.78 is 0. The van der Waals surface area contributed by atoms with Gasteiger partial charge in [-0.05, 0) is 87.3 Å². The first-order chi connectivity index (χ1) is 26.2. The number of nitrogens with zero attached hydrogens (tertiary/aromatic N) is 3. The zero-order valence-corrected chi connectivity index (χ0v) is 32.7. The molecular weight excluding hydrogens is 835 g/mol. The molecule has 0 unspecified atom stereocenters. The molecule has 54 heavy (non-hydrogen) atoms. The molecule has 0 aliphatic carbocycles. The summed E-state index contributed by atoms with van der Waals surface area (Å²) in [5.41, 5.74) is 15.2. The molecular formula is C50H40IrN3. The molecule has 7 rings (SSSR count). The van der Waals surface area contributed by atoms with Gasteiger partial charge in [0.2, 0.25) is 0 Å². The number of aromatic nitrogens is 3. The second kappa shape index (κ2) is 18.8. The topological polar surface area (TPSA) is 38.7 Å². The Labute approximate surface area is 333 Å². The van der Waals surface area contributed by atoms with Gasteiger partial charge in [0.25, 0.3) is 0 Å². The standard InChI is InChI=1S/C50H40N3.Ir/c1-3-5-14-41(4-2)48-30-27-44(36-53-48)46-19-12-13-20-47(46)45-32-39(23-21-37-25-28-49(51-34-37)42-15-8-6-9-16-42)31-40(33-45)24-22-38-26-29-50(52-35-38)43-17-10-7-11-18-43;/h3-13,15,17,19-20,25-36H,2,21-24H2,1H3;/q-3;+3/b5-3+;. The van der Waals surface area contributed by atoms with Gasteiger partial charge in [0.15, 0.2) is 0 Å². The monoisotopic (exact) mass is 875 g/mol. The van der Waals surface area contributed by atoms with Crippen LogP contribution in [0.3, 0.4) is 0 Å². The maximum atomic E-state index is 4.81. The van der Waals surface area contributed by atoms with Crippen molar-refractivity contribution in [3.8, 4) is 44.8 Å². The zero-order chi connectivity index (χ0) is 36.2. The third kappa shape index (κ3) is 9.59. The van der Waals surface area contributed by atoms with Crippen LogP contribution in [0.1, 0.15) is 34.9 Å². The molecule has 0 radical (unpaired) electrons. The van der Waals surface area contributed by atoms with Crippen molar-refractivity contribution in [1.82, 2.24) is 15.0 Å². The first-order valence-corrected chi connectivity index (χ1v) is 18.1. The van der Waals surface area contributed by atoms with E-state index in [1.165, 1.54) is 33.4 Å². The molecule has 3 aromatic heterocycles. The number of hydrogen-bond donors (Lipinski definition) is 0. The Morgan fingerprint density at radius 2 is 1.15 bits per heavy atom. The van der Waals surface area contributed by atoms with Crippen molar-refractivity contribution in [2.45, 2.75) is 32.6 Å². The van der Waals surface area contributed by atoms with Gasteiger partial charge in [-0.25, -0.2) is 0 Å². The Morgan fingerprint density at radius 3 is 1.61 bits per heavy atom. The minimum atomic E-state index is 0. The molecule has 0 atom stereocenters. The molecule has 0 aliphatic rings. The van der Waals surface area contributed by atoms with Crippen molar-refractivity contribution in [2.75, 3.05) is 0 Å². The molecule has 4 aromatic carbocycles. The van der Waals surface area contributed by atoms with E-state index in [-0.39, 0.29) is 20.1 Å². The number of benzene rings is 4. The van der Waals surface area contributed by atoms with Crippen LogP contribution in [0, 0.1) is 18.2 Å². The minimum Gasteiger partial charge on any atom is -0.304 e. The van der Waals surface area contributed by atoms with Gasteiger partial charge in [-0.1, -0.05) is 85.8 Å². The van der Waals surface area contributed by atoms with Gasteiger partial charge in [-0.15, -0.1) is 96.1 Å². The van der Waals surface area contributed by atoms with Crippen LogP contribution in [0.25, 0.3) is 50.3 Å². The van der Waals surface area contributed by atoms with Gasteiger partial charge in [0.1, 0.15) is 0 Å². The summed E-state index contributed by atoms with van der Waals surface area (Å²) in [6, 6.07) is 50.9. The Hall–Kier alpha value is -5.80. The van der Waals surface area contributed by atoms with Crippen LogP contribution in [-0.4, -0.2) is 15.0 Å². The number of aryl methyl sites for hydroxylation is 4. The molecule has 3 heterocycles. The van der Waals surface area contributed by atoms with Gasteiger partial charge >= 0.3 is 20.1 Å². The second-order valence-corrected chi connectivity index (χ2v) is 12.9. The molecule has 0 fully saturated rings. The van der Waals surface area contributed by atoms with E-state index in [9.17, 15) is 0 Å². The minimum absolute atomic E-state index is 0. The Bertz CT molecular complexity index is 2220. The van der Waals surface area contributed by atoms with Crippen LogP contribution >= 0.6 is 0 Å². The van der Waals surface area contributed by atoms with Crippen molar-refractivity contribution >= 4 is 5.57 Å². The zero-order valence-electron chi connectivity index (χ0n) is 30.3. The Balaban J connectivity index is 0.00000497. The number of rotatable bonds is 13. The quantitative estimate of drug-likeness (QED) is 0.0856. The summed E-state index contributed by atoms with van der Waals surface area (Å²) in [6.07, 6.45) is 18.4. The van der Waals surface area contributed by atoms with Crippen LogP contribution in [0.4, 0.5) is 0 Å². The average molecular weight is 875 g/mol. The van der Waals surface area contributed by atoms with Crippen LogP contribution in [0.15, 0.2) is 171 Å². The molecule has 264 valence electrons. The SMILES string of the molecule is C=CC(=[C-]/C=C/C)c1ccc(-c2ccccc2-c2cc(CCc3ccc(-c4[c-]cccc4)nc3)cc(CCc3ccc(-c4[c-]cccc4)nc3)c2)cn1.[Ir+3]. The molecule has 0 aliphatic heterocycles. The predicted octanol–water partition coefficient (Wildman–Crippen LogP) is 11.7. The molecule has 0 spiro atoms. The van der Waals surface area contributed by atoms with Crippen LogP contribution in [0.5, 0.6) is 0 Å². The number of allylic oxidation sites excluding steroid dienone is 5. The van der Waals surface area contributed by atoms with E-state index in [4.69, 9.17) is 15.0 Å². The predicted molar refractivity (Wildman–Crippen MR) is 219 cm³/mol. The third-order valence-corrected chi connectivity index (χ3v) is 9.27. The molecule has 0 saturated carbocycles. The summed E-state index contributed by atoms with van der Waals surface area (Å²) in [7, 11) is 0. The van der Waals surface area contributed by atoms with Crippen molar-refractivity contribution in [3.05, 3.63) is 217 Å². The average Bonchev–Trinajstić information content (AvgIpc) is 3.23. The van der Waals surface area contributed by atoms with Gasteiger partial charge in [-0.2, -0.15) is 12.2 Å². The Kier molecular flexibility index (Phi) is 13.2. The Morgan fingerprint density at radius 1 is 0.593 bits per heavy atom. The third-order valence-electron chi connectivity index (χ3n) is 9.27. The van der Waals surface area contributed by atoms with E-state index in [2.05, 4.69) is 97.6 Å². The molecule has 3 nitrogen and oxygen atoms in total. The van der Waals surface area contributed by atoms with Gasteiger partial charge < -0.3 is 15.0 Å². The van der Waals surface area contributed by atoms with Crippen LogP contribution in [-0.2, 0) is 45.8 Å². The summed E-state index contributed by atoms with van der Waals surface area (Å²) in [4.78, 5) is 14.3. The smallest absolute Gasteiger partial charge is 0.304 e. The fourth-order valence-corrected chi connectivity index (χ4v) is 6.46. The van der Waals surface area contributed by atoms with E-state index >= 15 is 0 Å². The van der Waals surface area contributed by atoms with Gasteiger partial charge in [-0.3, -0.25) is 0 Å².